The molecule has 5 nitrogen and oxygen atoms in total. The number of methoxy groups -OCH3 is 1. The highest BCUT2D eigenvalue weighted by atomic mass is 32.1. The first-order valence-electron chi connectivity index (χ1n) is 5.79. The van der Waals surface area contributed by atoms with E-state index in [9.17, 15) is 0 Å². The molecular formula is C13H12N4OS. The third-order valence-electron chi connectivity index (χ3n) is 2.94. The SMILES string of the molecule is COc1ccc(Cn2cnc3c(=S)nc[nH]c32)cc1. The normalized spacial score (nSPS) is 10.8. The van der Waals surface area contributed by atoms with Gasteiger partial charge in [-0.3, -0.25) is 0 Å². The van der Waals surface area contributed by atoms with Crippen molar-refractivity contribution in [1.29, 1.82) is 0 Å². The number of hydrogen-bond donors (Lipinski definition) is 1. The Morgan fingerprint density at radius 3 is 2.79 bits per heavy atom. The first kappa shape index (κ1) is 11.9. The Bertz CT molecular complexity index is 760. The van der Waals surface area contributed by atoms with Gasteiger partial charge in [0.1, 0.15) is 16.9 Å². The van der Waals surface area contributed by atoms with Gasteiger partial charge in [-0.2, -0.15) is 0 Å². The summed E-state index contributed by atoms with van der Waals surface area (Å²) in [6.07, 6.45) is 3.36. The summed E-state index contributed by atoms with van der Waals surface area (Å²) in [4.78, 5) is 11.4. The fourth-order valence-electron chi connectivity index (χ4n) is 1.95. The molecule has 3 rings (SSSR count). The summed E-state index contributed by atoms with van der Waals surface area (Å²) in [5.41, 5.74) is 2.78. The van der Waals surface area contributed by atoms with Crippen LogP contribution in [-0.2, 0) is 6.54 Å². The molecule has 2 heterocycles. The van der Waals surface area contributed by atoms with Crippen molar-refractivity contribution < 1.29 is 4.74 Å². The molecule has 2 aromatic heterocycles. The van der Waals surface area contributed by atoms with E-state index in [-0.39, 0.29) is 0 Å². The Balaban J connectivity index is 1.96. The number of imidazole rings is 1. The second-order valence-corrected chi connectivity index (χ2v) is 4.51. The standard InChI is InChI=1S/C13H12N4OS/c1-18-10-4-2-9(3-5-10)6-17-8-16-11-12(17)14-7-15-13(11)19/h2-5,7-8H,6H2,1H3,(H,14,15,19). The van der Waals surface area contributed by atoms with Gasteiger partial charge in [0.05, 0.1) is 26.3 Å². The molecule has 0 saturated heterocycles. The maximum atomic E-state index is 5.14. The minimum absolute atomic E-state index is 0.516. The van der Waals surface area contributed by atoms with Crippen molar-refractivity contribution >= 4 is 23.4 Å². The highest BCUT2D eigenvalue weighted by Gasteiger charge is 2.05. The van der Waals surface area contributed by atoms with Crippen LogP contribution in [0.4, 0.5) is 0 Å². The predicted octanol–water partition coefficient (Wildman–Crippen LogP) is 2.55. The zero-order chi connectivity index (χ0) is 13.2. The largest absolute Gasteiger partial charge is 0.497 e. The number of benzene rings is 1. The number of H-pyrrole nitrogens is 1. The van der Waals surface area contributed by atoms with Crippen molar-refractivity contribution in [3.05, 3.63) is 47.1 Å². The average molecular weight is 272 g/mol. The molecular weight excluding hydrogens is 260 g/mol. The van der Waals surface area contributed by atoms with Crippen LogP contribution in [0, 0.1) is 4.64 Å². The van der Waals surface area contributed by atoms with Crippen LogP contribution in [0.1, 0.15) is 5.56 Å². The van der Waals surface area contributed by atoms with Crippen LogP contribution in [0.15, 0.2) is 36.9 Å². The first-order valence-corrected chi connectivity index (χ1v) is 6.20. The lowest BCUT2D eigenvalue weighted by Gasteiger charge is -2.05. The van der Waals surface area contributed by atoms with Crippen molar-refractivity contribution in [3.8, 4) is 5.75 Å². The quantitative estimate of drug-likeness (QED) is 0.744. The van der Waals surface area contributed by atoms with Gasteiger partial charge in [-0.25, -0.2) is 9.97 Å². The third-order valence-corrected chi connectivity index (χ3v) is 3.23. The van der Waals surface area contributed by atoms with Crippen LogP contribution in [0.25, 0.3) is 11.2 Å². The fourth-order valence-corrected chi connectivity index (χ4v) is 2.15. The van der Waals surface area contributed by atoms with E-state index in [0.29, 0.717) is 4.64 Å². The van der Waals surface area contributed by atoms with Crippen molar-refractivity contribution in [2.45, 2.75) is 6.54 Å². The predicted molar refractivity (Wildman–Crippen MR) is 74.8 cm³/mol. The number of aromatic amines is 1. The molecule has 96 valence electrons. The van der Waals surface area contributed by atoms with E-state index in [2.05, 4.69) is 15.0 Å². The van der Waals surface area contributed by atoms with E-state index in [1.165, 1.54) is 0 Å². The number of nitrogens with one attached hydrogen (secondary N) is 1. The maximum absolute atomic E-state index is 5.14. The Kier molecular flexibility index (Phi) is 3.00. The van der Waals surface area contributed by atoms with E-state index in [4.69, 9.17) is 17.0 Å². The molecule has 0 radical (unpaired) electrons. The van der Waals surface area contributed by atoms with Crippen molar-refractivity contribution in [1.82, 2.24) is 19.5 Å². The molecule has 6 heteroatoms. The third kappa shape index (κ3) is 2.22. The Labute approximate surface area is 114 Å². The molecule has 0 saturated carbocycles. The Hall–Kier alpha value is -2.21. The van der Waals surface area contributed by atoms with Gasteiger partial charge in [0, 0.05) is 0 Å². The zero-order valence-corrected chi connectivity index (χ0v) is 11.1. The highest BCUT2D eigenvalue weighted by molar-refractivity contribution is 7.71. The van der Waals surface area contributed by atoms with Crippen LogP contribution in [0.3, 0.4) is 0 Å². The molecule has 0 aliphatic rings. The fraction of sp³-hybridized carbons (Fsp3) is 0.154. The van der Waals surface area contributed by atoms with E-state index in [0.717, 1.165) is 29.0 Å². The van der Waals surface area contributed by atoms with Gasteiger partial charge in [0.2, 0.25) is 0 Å². The summed E-state index contributed by atoms with van der Waals surface area (Å²) in [7, 11) is 1.66. The van der Waals surface area contributed by atoms with E-state index >= 15 is 0 Å². The van der Waals surface area contributed by atoms with E-state index in [1.54, 1.807) is 19.8 Å². The van der Waals surface area contributed by atoms with Crippen LogP contribution >= 0.6 is 12.2 Å². The van der Waals surface area contributed by atoms with Crippen LogP contribution in [-0.4, -0.2) is 26.6 Å². The van der Waals surface area contributed by atoms with Crippen LogP contribution in [0.5, 0.6) is 5.75 Å². The monoisotopic (exact) mass is 272 g/mol. The van der Waals surface area contributed by atoms with Crippen LogP contribution < -0.4 is 4.74 Å². The summed E-state index contributed by atoms with van der Waals surface area (Å²) < 4.78 is 7.67. The summed E-state index contributed by atoms with van der Waals surface area (Å²) >= 11 is 5.14. The number of nitrogens with zero attached hydrogens (tertiary/aromatic N) is 3. The van der Waals surface area contributed by atoms with Gasteiger partial charge < -0.3 is 14.3 Å². The zero-order valence-electron chi connectivity index (χ0n) is 10.3. The van der Waals surface area contributed by atoms with Gasteiger partial charge in [-0.15, -0.1) is 0 Å². The highest BCUT2D eigenvalue weighted by Crippen LogP contribution is 2.15. The number of rotatable bonds is 3. The lowest BCUT2D eigenvalue weighted by atomic mass is 10.2. The number of aromatic nitrogens is 4. The second-order valence-electron chi connectivity index (χ2n) is 4.13. The summed E-state index contributed by atoms with van der Waals surface area (Å²) in [6, 6.07) is 7.94. The molecule has 0 spiro atoms. The van der Waals surface area contributed by atoms with Crippen molar-refractivity contribution in [3.63, 3.8) is 0 Å². The smallest absolute Gasteiger partial charge is 0.157 e. The molecule has 19 heavy (non-hydrogen) atoms. The molecule has 0 bridgehead atoms. The summed E-state index contributed by atoms with van der Waals surface area (Å²) in [5, 5.41) is 0. The molecule has 0 fully saturated rings. The Morgan fingerprint density at radius 1 is 1.26 bits per heavy atom. The second kappa shape index (κ2) is 4.81. The minimum atomic E-state index is 0.516. The first-order chi connectivity index (χ1) is 9.28. The van der Waals surface area contributed by atoms with E-state index < -0.39 is 0 Å². The number of ether oxygens (including phenoxy) is 1. The van der Waals surface area contributed by atoms with Gasteiger partial charge in [0.25, 0.3) is 0 Å². The van der Waals surface area contributed by atoms with E-state index in [1.807, 2.05) is 28.8 Å². The maximum Gasteiger partial charge on any atom is 0.157 e. The molecule has 0 unspecified atom stereocenters. The van der Waals surface area contributed by atoms with Gasteiger partial charge in [-0.1, -0.05) is 24.4 Å². The lowest BCUT2D eigenvalue weighted by Crippen LogP contribution is -1.99. The van der Waals surface area contributed by atoms with Gasteiger partial charge in [0.15, 0.2) is 4.64 Å². The number of hydrogen-bond acceptors (Lipinski definition) is 4. The minimum Gasteiger partial charge on any atom is -0.497 e. The van der Waals surface area contributed by atoms with Crippen molar-refractivity contribution in [2.75, 3.05) is 7.11 Å². The molecule has 0 aliphatic heterocycles. The lowest BCUT2D eigenvalue weighted by molar-refractivity contribution is 0.414. The summed E-state index contributed by atoms with van der Waals surface area (Å²) in [5.74, 6) is 0.850. The van der Waals surface area contributed by atoms with Crippen molar-refractivity contribution in [2.24, 2.45) is 0 Å². The molecule has 0 atom stereocenters. The van der Waals surface area contributed by atoms with Crippen LogP contribution in [0.2, 0.25) is 0 Å². The summed E-state index contributed by atoms with van der Waals surface area (Å²) in [6.45, 7) is 0.718. The molecule has 0 amide bonds. The topological polar surface area (TPSA) is 55.7 Å². The average Bonchev–Trinajstić information content (AvgIpc) is 2.84. The molecule has 1 aromatic carbocycles. The molecule has 1 N–H and O–H groups in total. The van der Waals surface area contributed by atoms with Gasteiger partial charge in [-0.05, 0) is 17.7 Å². The number of fused-ring (bicyclic) bond motifs is 1. The Morgan fingerprint density at radius 2 is 2.05 bits per heavy atom. The molecule has 0 aliphatic carbocycles. The van der Waals surface area contributed by atoms with Gasteiger partial charge >= 0.3 is 0 Å². The molecule has 3 aromatic rings.